The van der Waals surface area contributed by atoms with Crippen molar-refractivity contribution in [1.29, 1.82) is 0 Å². The van der Waals surface area contributed by atoms with Crippen LogP contribution in [0.15, 0.2) is 37.5 Å². The number of aliphatic hydroxyl groups is 1. The number of hydrogen-bond donors (Lipinski definition) is 2. The molecule has 0 saturated carbocycles. The molecule has 140 valence electrons. The predicted molar refractivity (Wildman–Crippen MR) is 95.8 cm³/mol. The van der Waals surface area contributed by atoms with E-state index >= 15 is 0 Å². The standard InChI is InChI=1S/C11H20O4.C4H6O2.C3H6/c1-3-5-6-7-14-8-10(12)9-15-11(13)4-2;1-3(2)4(5)6;1-3-2/h4,10,12H,2-3,5-9H2,1H3;1H2,2H3,(H,5,6);3H,1H2,2H3. The van der Waals surface area contributed by atoms with E-state index in [4.69, 9.17) is 9.84 Å². The molecule has 0 aromatic carbocycles. The Bertz CT molecular complexity index is 351. The van der Waals surface area contributed by atoms with Gasteiger partial charge in [0.25, 0.3) is 0 Å². The van der Waals surface area contributed by atoms with Crippen LogP contribution in [0.2, 0.25) is 0 Å². The van der Waals surface area contributed by atoms with Crippen LogP contribution in [0.25, 0.3) is 0 Å². The number of carboxylic acid groups (broad SMARTS) is 1. The normalized spacial score (nSPS) is 10.0. The Morgan fingerprint density at radius 2 is 1.71 bits per heavy atom. The van der Waals surface area contributed by atoms with E-state index in [1.807, 2.05) is 6.92 Å². The van der Waals surface area contributed by atoms with E-state index in [9.17, 15) is 14.7 Å². The van der Waals surface area contributed by atoms with Crippen molar-refractivity contribution in [1.82, 2.24) is 0 Å². The predicted octanol–water partition coefficient (Wildman–Crippen LogP) is 3.12. The van der Waals surface area contributed by atoms with E-state index in [0.717, 1.165) is 25.3 Å². The summed E-state index contributed by atoms with van der Waals surface area (Å²) in [6.07, 6.45) is 5.32. The Hall–Kier alpha value is -1.92. The highest BCUT2D eigenvalue weighted by atomic mass is 16.5. The van der Waals surface area contributed by atoms with Crippen molar-refractivity contribution in [2.75, 3.05) is 19.8 Å². The zero-order valence-corrected chi connectivity index (χ0v) is 15.1. The molecule has 0 aliphatic rings. The molecule has 0 spiro atoms. The van der Waals surface area contributed by atoms with Gasteiger partial charge in [-0.2, -0.15) is 0 Å². The van der Waals surface area contributed by atoms with Gasteiger partial charge in [-0.3, -0.25) is 0 Å². The summed E-state index contributed by atoms with van der Waals surface area (Å²) in [5.41, 5.74) is 0.176. The quantitative estimate of drug-likeness (QED) is 0.274. The van der Waals surface area contributed by atoms with Crippen molar-refractivity contribution in [3.63, 3.8) is 0 Å². The van der Waals surface area contributed by atoms with E-state index in [1.165, 1.54) is 6.92 Å². The van der Waals surface area contributed by atoms with E-state index in [-0.39, 0.29) is 18.8 Å². The Labute approximate surface area is 145 Å². The molecule has 0 bridgehead atoms. The second-order valence-corrected chi connectivity index (χ2v) is 4.76. The zero-order chi connectivity index (χ0) is 19.4. The highest BCUT2D eigenvalue weighted by Crippen LogP contribution is 1.95. The van der Waals surface area contributed by atoms with Crippen LogP contribution < -0.4 is 0 Å². The minimum atomic E-state index is -0.935. The fourth-order valence-corrected chi connectivity index (χ4v) is 0.959. The van der Waals surface area contributed by atoms with E-state index < -0.39 is 18.0 Å². The van der Waals surface area contributed by atoms with Gasteiger partial charge in [-0.15, -0.1) is 6.58 Å². The largest absolute Gasteiger partial charge is 0.478 e. The van der Waals surface area contributed by atoms with Gasteiger partial charge in [-0.25, -0.2) is 9.59 Å². The summed E-state index contributed by atoms with van der Waals surface area (Å²) in [4.78, 5) is 20.2. The minimum Gasteiger partial charge on any atom is -0.478 e. The van der Waals surface area contributed by atoms with Gasteiger partial charge in [0.05, 0.1) is 6.61 Å². The van der Waals surface area contributed by atoms with Crippen molar-refractivity contribution < 1.29 is 29.3 Å². The first-order valence-corrected chi connectivity index (χ1v) is 7.77. The van der Waals surface area contributed by atoms with E-state index in [1.54, 1.807) is 6.08 Å². The van der Waals surface area contributed by atoms with Crippen LogP contribution in [0.3, 0.4) is 0 Å². The first kappa shape index (κ1) is 27.0. The third-order valence-corrected chi connectivity index (χ3v) is 2.15. The van der Waals surface area contributed by atoms with Crippen molar-refractivity contribution in [3.8, 4) is 0 Å². The topological polar surface area (TPSA) is 93.1 Å². The number of rotatable bonds is 10. The number of esters is 1. The van der Waals surface area contributed by atoms with Crippen LogP contribution >= 0.6 is 0 Å². The van der Waals surface area contributed by atoms with Gasteiger partial charge in [0, 0.05) is 18.3 Å². The molecule has 0 amide bonds. The van der Waals surface area contributed by atoms with Crippen LogP contribution in [-0.2, 0) is 19.1 Å². The summed E-state index contributed by atoms with van der Waals surface area (Å²) in [6, 6.07) is 0. The van der Waals surface area contributed by atoms with Crippen molar-refractivity contribution in [3.05, 3.63) is 37.5 Å². The molecular formula is C18H32O6. The number of unbranched alkanes of at least 4 members (excludes halogenated alkanes) is 2. The fraction of sp³-hybridized carbons (Fsp3) is 0.556. The maximum atomic E-state index is 10.6. The first-order valence-electron chi connectivity index (χ1n) is 7.77. The van der Waals surface area contributed by atoms with Gasteiger partial charge in [-0.05, 0) is 20.3 Å². The number of carbonyl (C=O) groups excluding carboxylic acids is 1. The molecule has 2 N–H and O–H groups in total. The zero-order valence-electron chi connectivity index (χ0n) is 15.1. The fourth-order valence-electron chi connectivity index (χ4n) is 0.959. The molecule has 0 fully saturated rings. The average Bonchev–Trinajstić information content (AvgIpc) is 2.53. The Balaban J connectivity index is -0.000000405. The second-order valence-electron chi connectivity index (χ2n) is 4.76. The third-order valence-electron chi connectivity index (χ3n) is 2.15. The van der Waals surface area contributed by atoms with Gasteiger partial charge in [0.2, 0.25) is 0 Å². The van der Waals surface area contributed by atoms with Gasteiger partial charge in [0.1, 0.15) is 12.7 Å². The maximum absolute atomic E-state index is 10.6. The average molecular weight is 344 g/mol. The molecule has 1 atom stereocenters. The van der Waals surface area contributed by atoms with Gasteiger partial charge >= 0.3 is 11.9 Å². The van der Waals surface area contributed by atoms with Crippen molar-refractivity contribution in [2.24, 2.45) is 0 Å². The van der Waals surface area contributed by atoms with Gasteiger partial charge < -0.3 is 19.7 Å². The molecule has 6 nitrogen and oxygen atoms in total. The van der Waals surface area contributed by atoms with Crippen molar-refractivity contribution >= 4 is 11.9 Å². The van der Waals surface area contributed by atoms with Gasteiger partial charge in [0.15, 0.2) is 0 Å². The molecular weight excluding hydrogens is 312 g/mol. The molecule has 0 aliphatic carbocycles. The van der Waals surface area contributed by atoms with E-state index in [0.29, 0.717) is 6.61 Å². The second kappa shape index (κ2) is 21.1. The van der Waals surface area contributed by atoms with Crippen LogP contribution in [0, 0.1) is 0 Å². The van der Waals surface area contributed by atoms with Crippen LogP contribution in [0.1, 0.15) is 40.0 Å². The van der Waals surface area contributed by atoms with Crippen LogP contribution in [-0.4, -0.2) is 48.1 Å². The lowest BCUT2D eigenvalue weighted by molar-refractivity contribution is -0.141. The Morgan fingerprint density at radius 3 is 2.08 bits per heavy atom. The highest BCUT2D eigenvalue weighted by Gasteiger charge is 2.06. The third kappa shape index (κ3) is 28.3. The van der Waals surface area contributed by atoms with Crippen LogP contribution in [0.4, 0.5) is 0 Å². The lowest BCUT2D eigenvalue weighted by Gasteiger charge is -2.10. The molecule has 0 saturated heterocycles. The molecule has 0 rings (SSSR count). The summed E-state index contributed by atoms with van der Waals surface area (Å²) < 4.78 is 9.84. The lowest BCUT2D eigenvalue weighted by atomic mass is 10.3. The minimum absolute atomic E-state index is 0.0430. The lowest BCUT2D eigenvalue weighted by Crippen LogP contribution is -2.23. The number of carboxylic acids is 1. The van der Waals surface area contributed by atoms with Crippen molar-refractivity contribution in [2.45, 2.75) is 46.1 Å². The number of aliphatic carboxylic acids is 1. The molecule has 0 radical (unpaired) electrons. The molecule has 1 unspecified atom stereocenters. The number of carbonyl (C=O) groups is 2. The van der Waals surface area contributed by atoms with E-state index in [2.05, 4.69) is 31.4 Å². The molecule has 0 aromatic rings. The number of hydrogen-bond acceptors (Lipinski definition) is 5. The highest BCUT2D eigenvalue weighted by molar-refractivity contribution is 5.84. The summed E-state index contributed by atoms with van der Waals surface area (Å²) in [5, 5.41) is 17.2. The maximum Gasteiger partial charge on any atom is 0.330 e. The van der Waals surface area contributed by atoms with Crippen LogP contribution in [0.5, 0.6) is 0 Å². The SMILES string of the molecule is C=C(C)C(=O)O.C=CC.C=CC(=O)OCC(O)COCCCCC. The number of aliphatic hydroxyl groups excluding tert-OH is 1. The first-order chi connectivity index (χ1) is 11.3. The summed E-state index contributed by atoms with van der Waals surface area (Å²) >= 11 is 0. The summed E-state index contributed by atoms with van der Waals surface area (Å²) in [7, 11) is 0. The van der Waals surface area contributed by atoms with Gasteiger partial charge in [-0.1, -0.05) is 39.0 Å². The summed E-state index contributed by atoms with van der Waals surface area (Å²) in [5.74, 6) is -1.46. The monoisotopic (exact) mass is 344 g/mol. The molecule has 0 heterocycles. The Kier molecular flexibility index (Phi) is 23.7. The molecule has 0 aromatic heterocycles. The number of allylic oxidation sites excluding steroid dienone is 1. The molecule has 0 aliphatic heterocycles. The number of ether oxygens (including phenoxy) is 2. The molecule has 6 heteroatoms. The molecule has 24 heavy (non-hydrogen) atoms. The summed E-state index contributed by atoms with van der Waals surface area (Å²) in [6.45, 7) is 16.0. The smallest absolute Gasteiger partial charge is 0.330 e. The Morgan fingerprint density at radius 1 is 1.21 bits per heavy atom.